The molecule has 2 aliphatic heterocycles. The van der Waals surface area contributed by atoms with Gasteiger partial charge in [0.2, 0.25) is 5.91 Å². The van der Waals surface area contributed by atoms with Crippen LogP contribution in [0, 0.1) is 5.41 Å². The number of unbranched alkanes of at least 4 members (excludes halogenated alkanes) is 7. The summed E-state index contributed by atoms with van der Waals surface area (Å²) in [4.78, 5) is 107. The van der Waals surface area contributed by atoms with Crippen LogP contribution in [0.4, 0.5) is 15.3 Å². The van der Waals surface area contributed by atoms with E-state index in [1.165, 1.54) is 58.7 Å². The van der Waals surface area contributed by atoms with E-state index in [-0.39, 0.29) is 36.6 Å². The monoisotopic (exact) mass is 800 g/mol. The summed E-state index contributed by atoms with van der Waals surface area (Å²) in [6.45, 7) is 15.5. The third-order valence-corrected chi connectivity index (χ3v) is 9.46. The van der Waals surface area contributed by atoms with E-state index in [1.54, 1.807) is 34.6 Å². The van der Waals surface area contributed by atoms with Gasteiger partial charge in [0.1, 0.15) is 18.4 Å². The number of Topliss-reactive ketones (excluding diaryl/α,β-unsaturated/α-hetero) is 1. The summed E-state index contributed by atoms with van der Waals surface area (Å²) in [5.74, 6) is -4.51. The van der Waals surface area contributed by atoms with Crippen LogP contribution < -0.4 is 15.4 Å². The van der Waals surface area contributed by atoms with Crippen LogP contribution in [0.15, 0.2) is 18.2 Å². The normalized spacial score (nSPS) is 17.2. The van der Waals surface area contributed by atoms with Crippen molar-refractivity contribution in [3.63, 3.8) is 0 Å². The van der Waals surface area contributed by atoms with Gasteiger partial charge in [-0.2, -0.15) is 0 Å². The molecule has 3 rings (SSSR count). The summed E-state index contributed by atoms with van der Waals surface area (Å²) in [5, 5.41) is 5.24. The molecule has 316 valence electrons. The number of hydrogen-bond acceptors (Lipinski definition) is 12. The van der Waals surface area contributed by atoms with E-state index in [9.17, 15) is 38.4 Å². The number of esters is 1. The van der Waals surface area contributed by atoms with Crippen LogP contribution in [0.5, 0.6) is 5.75 Å². The minimum atomic E-state index is -1.86. The van der Waals surface area contributed by atoms with E-state index in [1.807, 2.05) is 0 Å². The molecule has 2 N–H and O–H groups in total. The molecule has 2 atom stereocenters. The standard InChI is InChI=1S/C41H60N4O12/c1-11-12-13-14-15-16-17-18-19-28(44-35(50)40(7,8)56-37(44)52)32(47)42-22-23-54-34(49)26-20-21-27(29(24-26)55-25(2)3)43-33(48)30(31(46)39(4,5)6)45-36(51)41(9,10)57-38(45)53/h20-21,24-25,28,30H,11-19,22-23H2,1-10H3,(H,42,47)(H,43,48). The molecule has 1 aromatic carbocycles. The molecular formula is C41H60N4O12. The number of nitrogens with zero attached hydrogens (tertiary/aromatic N) is 2. The van der Waals surface area contributed by atoms with Crippen molar-refractivity contribution in [1.29, 1.82) is 0 Å². The zero-order valence-corrected chi connectivity index (χ0v) is 35.0. The molecule has 16 nitrogen and oxygen atoms in total. The van der Waals surface area contributed by atoms with Crippen molar-refractivity contribution < 1.29 is 57.3 Å². The largest absolute Gasteiger partial charge is 0.489 e. The van der Waals surface area contributed by atoms with Crippen LogP contribution >= 0.6 is 0 Å². The molecule has 0 radical (unpaired) electrons. The van der Waals surface area contributed by atoms with Gasteiger partial charge in [-0.25, -0.2) is 24.2 Å². The summed E-state index contributed by atoms with van der Waals surface area (Å²) in [5.41, 5.74) is -4.05. The first-order valence-electron chi connectivity index (χ1n) is 19.8. The second kappa shape index (κ2) is 19.4. The topological polar surface area (TPSA) is 204 Å². The Morgan fingerprint density at radius 3 is 1.84 bits per heavy atom. The summed E-state index contributed by atoms with van der Waals surface area (Å²) >= 11 is 0. The zero-order chi connectivity index (χ0) is 42.9. The van der Waals surface area contributed by atoms with Gasteiger partial charge in [-0.15, -0.1) is 0 Å². The SMILES string of the molecule is CCCCCCCCCCC(C(=O)NCCOC(=O)c1ccc(NC(=O)C(C(=O)C(C)(C)C)N2C(=O)OC(C)(C)C2=O)c(OC(C)C)c1)N1C(=O)OC(C)(C)C1=O. The van der Waals surface area contributed by atoms with Crippen molar-refractivity contribution in [2.24, 2.45) is 5.41 Å². The number of carbonyl (C=O) groups excluding carboxylic acids is 8. The lowest BCUT2D eigenvalue weighted by atomic mass is 9.85. The Kier molecular flexibility index (Phi) is 15.8. The number of hydrogen-bond donors (Lipinski definition) is 2. The summed E-state index contributed by atoms with van der Waals surface area (Å²) < 4.78 is 21.7. The van der Waals surface area contributed by atoms with Crippen LogP contribution in [0.1, 0.15) is 137 Å². The predicted molar refractivity (Wildman–Crippen MR) is 208 cm³/mol. The number of cyclic esters (lactones) is 2. The first-order chi connectivity index (χ1) is 26.5. The lowest BCUT2D eigenvalue weighted by molar-refractivity contribution is -0.145. The molecule has 0 bridgehead atoms. The molecule has 1 aromatic rings. The van der Waals surface area contributed by atoms with Crippen molar-refractivity contribution in [1.82, 2.24) is 15.1 Å². The number of benzene rings is 1. The Balaban J connectivity index is 1.69. The number of imide groups is 2. The van der Waals surface area contributed by atoms with Gasteiger partial charge in [0.05, 0.1) is 23.9 Å². The Hall–Kier alpha value is -5.02. The van der Waals surface area contributed by atoms with E-state index in [0.29, 0.717) is 11.3 Å². The molecule has 16 heteroatoms. The highest BCUT2D eigenvalue weighted by Gasteiger charge is 2.55. The van der Waals surface area contributed by atoms with Crippen LogP contribution in [-0.2, 0) is 38.2 Å². The molecule has 0 aromatic heterocycles. The number of amides is 6. The second-order valence-corrected chi connectivity index (χ2v) is 16.7. The molecule has 2 fully saturated rings. The van der Waals surface area contributed by atoms with Crippen molar-refractivity contribution in [3.05, 3.63) is 23.8 Å². The Bertz CT molecular complexity index is 1700. The smallest absolute Gasteiger partial charge is 0.418 e. The number of ether oxygens (including phenoxy) is 4. The number of carbonyl (C=O) groups is 8. The van der Waals surface area contributed by atoms with Gasteiger partial charge in [-0.3, -0.25) is 24.0 Å². The third-order valence-electron chi connectivity index (χ3n) is 9.46. The molecule has 57 heavy (non-hydrogen) atoms. The average Bonchev–Trinajstić information content (AvgIpc) is 3.44. The first kappa shape index (κ1) is 46.4. The van der Waals surface area contributed by atoms with E-state index in [2.05, 4.69) is 17.6 Å². The average molecular weight is 801 g/mol. The summed E-state index contributed by atoms with van der Waals surface area (Å²) in [7, 11) is 0. The van der Waals surface area contributed by atoms with Gasteiger partial charge < -0.3 is 29.6 Å². The highest BCUT2D eigenvalue weighted by molar-refractivity contribution is 6.19. The van der Waals surface area contributed by atoms with Crippen LogP contribution in [-0.4, -0.2) is 99.9 Å². The number of rotatable bonds is 21. The van der Waals surface area contributed by atoms with Gasteiger partial charge in [0, 0.05) is 5.41 Å². The number of anilines is 1. The Labute approximate surface area is 335 Å². The maximum absolute atomic E-state index is 13.7. The van der Waals surface area contributed by atoms with Crippen LogP contribution in [0.3, 0.4) is 0 Å². The van der Waals surface area contributed by atoms with Gasteiger partial charge in [0.15, 0.2) is 23.0 Å². The quantitative estimate of drug-likeness (QED) is 0.0628. The van der Waals surface area contributed by atoms with E-state index >= 15 is 0 Å². The molecule has 0 spiro atoms. The number of nitrogens with one attached hydrogen (secondary N) is 2. The van der Waals surface area contributed by atoms with Gasteiger partial charge in [0.25, 0.3) is 17.7 Å². The van der Waals surface area contributed by atoms with Crippen LogP contribution in [0.25, 0.3) is 0 Å². The maximum atomic E-state index is 13.7. The lowest BCUT2D eigenvalue weighted by Gasteiger charge is -2.28. The maximum Gasteiger partial charge on any atom is 0.418 e. The van der Waals surface area contributed by atoms with Crippen molar-refractivity contribution in [2.75, 3.05) is 18.5 Å². The summed E-state index contributed by atoms with van der Waals surface area (Å²) in [6, 6.07) is 1.06. The predicted octanol–water partition coefficient (Wildman–Crippen LogP) is 6.08. The van der Waals surface area contributed by atoms with Crippen molar-refractivity contribution in [3.8, 4) is 5.75 Å². The Morgan fingerprint density at radius 1 is 0.789 bits per heavy atom. The molecule has 2 unspecified atom stereocenters. The van der Waals surface area contributed by atoms with Crippen molar-refractivity contribution >= 4 is 53.3 Å². The van der Waals surface area contributed by atoms with Crippen molar-refractivity contribution in [2.45, 2.75) is 156 Å². The van der Waals surface area contributed by atoms with Crippen LogP contribution in [0.2, 0.25) is 0 Å². The molecule has 2 saturated heterocycles. The second-order valence-electron chi connectivity index (χ2n) is 16.7. The fourth-order valence-electron chi connectivity index (χ4n) is 6.30. The fourth-order valence-corrected chi connectivity index (χ4v) is 6.30. The van der Waals surface area contributed by atoms with E-state index < -0.39 is 82.4 Å². The Morgan fingerprint density at radius 2 is 1.33 bits per heavy atom. The highest BCUT2D eigenvalue weighted by Crippen LogP contribution is 2.33. The molecule has 0 aliphatic carbocycles. The van der Waals surface area contributed by atoms with Gasteiger partial charge >= 0.3 is 18.2 Å². The molecule has 2 aliphatic rings. The van der Waals surface area contributed by atoms with E-state index in [0.717, 1.165) is 37.0 Å². The van der Waals surface area contributed by atoms with Gasteiger partial charge in [-0.1, -0.05) is 79.1 Å². The minimum absolute atomic E-state index is 0.0255. The molecule has 0 saturated carbocycles. The fraction of sp³-hybridized carbons (Fsp3) is 0.659. The minimum Gasteiger partial charge on any atom is -0.489 e. The lowest BCUT2D eigenvalue weighted by Crippen LogP contribution is -2.55. The number of ketones is 1. The first-order valence-corrected chi connectivity index (χ1v) is 19.8. The zero-order valence-electron chi connectivity index (χ0n) is 35.0. The molecule has 6 amide bonds. The molecular weight excluding hydrogens is 740 g/mol. The molecule has 2 heterocycles. The highest BCUT2D eigenvalue weighted by atomic mass is 16.6. The summed E-state index contributed by atoms with van der Waals surface area (Å²) in [6.07, 6.45) is 5.94. The third kappa shape index (κ3) is 12.0. The van der Waals surface area contributed by atoms with E-state index in [4.69, 9.17) is 18.9 Å². The van der Waals surface area contributed by atoms with Gasteiger partial charge in [-0.05, 0) is 66.2 Å².